The van der Waals surface area contributed by atoms with Crippen molar-refractivity contribution in [2.75, 3.05) is 0 Å². The second-order valence-corrected chi connectivity index (χ2v) is 8.46. The summed E-state index contributed by atoms with van der Waals surface area (Å²) in [6, 6.07) is 8.36. The van der Waals surface area contributed by atoms with E-state index in [-0.39, 0.29) is 11.3 Å². The zero-order valence-electron chi connectivity index (χ0n) is 16.3. The molecule has 1 aromatic heterocycles. The van der Waals surface area contributed by atoms with Crippen LogP contribution in [0.5, 0.6) is 0 Å². The highest BCUT2D eigenvalue weighted by Crippen LogP contribution is 2.40. The van der Waals surface area contributed by atoms with Gasteiger partial charge in [-0.05, 0) is 25.3 Å². The van der Waals surface area contributed by atoms with Crippen molar-refractivity contribution in [3.05, 3.63) is 47.1 Å². The maximum Gasteiger partial charge on any atom is 0.232 e. The van der Waals surface area contributed by atoms with Crippen LogP contribution in [-0.2, 0) is 22.2 Å². The summed E-state index contributed by atoms with van der Waals surface area (Å²) in [5.41, 5.74) is 1.67. The van der Waals surface area contributed by atoms with E-state index in [1.807, 2.05) is 26.8 Å². The summed E-state index contributed by atoms with van der Waals surface area (Å²) in [6.45, 7) is 8.45. The predicted molar refractivity (Wildman–Crippen MR) is 101 cm³/mol. The largest absolute Gasteiger partial charge is 0.348 e. The SMILES string of the molecule is Cc1cccc(C2(C(=O)NCc3noc(C(C)(C)C)n3)CCCCC2)c1. The number of nitrogens with zero attached hydrogens (tertiary/aromatic N) is 2. The predicted octanol–water partition coefficient (Wildman–Crippen LogP) is 4.19. The fourth-order valence-electron chi connectivity index (χ4n) is 3.70. The molecule has 5 heteroatoms. The van der Waals surface area contributed by atoms with Crippen LogP contribution >= 0.6 is 0 Å². The molecule has 1 aliphatic carbocycles. The Morgan fingerprint density at radius 2 is 1.96 bits per heavy atom. The van der Waals surface area contributed by atoms with Gasteiger partial charge in [-0.2, -0.15) is 4.98 Å². The Kier molecular flexibility index (Phi) is 5.17. The van der Waals surface area contributed by atoms with Gasteiger partial charge in [-0.3, -0.25) is 4.79 Å². The molecule has 5 nitrogen and oxygen atoms in total. The molecular formula is C21H29N3O2. The first-order chi connectivity index (χ1) is 12.3. The van der Waals surface area contributed by atoms with Gasteiger partial charge in [0.2, 0.25) is 11.8 Å². The van der Waals surface area contributed by atoms with Crippen LogP contribution in [0, 0.1) is 6.92 Å². The second kappa shape index (κ2) is 7.22. The van der Waals surface area contributed by atoms with Crippen LogP contribution < -0.4 is 5.32 Å². The molecule has 1 fully saturated rings. The fraction of sp³-hybridized carbons (Fsp3) is 0.571. The molecule has 1 saturated carbocycles. The zero-order valence-corrected chi connectivity index (χ0v) is 16.3. The maximum absolute atomic E-state index is 13.2. The Morgan fingerprint density at radius 1 is 1.23 bits per heavy atom. The van der Waals surface area contributed by atoms with E-state index in [0.717, 1.165) is 31.2 Å². The van der Waals surface area contributed by atoms with Crippen LogP contribution in [0.3, 0.4) is 0 Å². The van der Waals surface area contributed by atoms with Gasteiger partial charge in [0.25, 0.3) is 0 Å². The van der Waals surface area contributed by atoms with Gasteiger partial charge in [0, 0.05) is 5.41 Å². The van der Waals surface area contributed by atoms with E-state index < -0.39 is 5.41 Å². The fourth-order valence-corrected chi connectivity index (χ4v) is 3.70. The molecule has 0 unspecified atom stereocenters. The first-order valence-corrected chi connectivity index (χ1v) is 9.50. The van der Waals surface area contributed by atoms with E-state index in [4.69, 9.17) is 4.52 Å². The van der Waals surface area contributed by atoms with E-state index in [1.54, 1.807) is 0 Å². The highest BCUT2D eigenvalue weighted by atomic mass is 16.5. The lowest BCUT2D eigenvalue weighted by Gasteiger charge is -2.36. The Bertz CT molecular complexity index is 768. The third-order valence-corrected chi connectivity index (χ3v) is 5.23. The van der Waals surface area contributed by atoms with Crippen LogP contribution in [0.25, 0.3) is 0 Å². The van der Waals surface area contributed by atoms with Crippen LogP contribution in [0.15, 0.2) is 28.8 Å². The number of carbonyl (C=O) groups excluding carboxylic acids is 1. The summed E-state index contributed by atoms with van der Waals surface area (Å²) >= 11 is 0. The average molecular weight is 355 g/mol. The molecule has 1 aliphatic rings. The average Bonchev–Trinajstić information content (AvgIpc) is 3.09. The maximum atomic E-state index is 13.2. The lowest BCUT2D eigenvalue weighted by Crippen LogP contribution is -2.45. The van der Waals surface area contributed by atoms with Crippen LogP contribution in [0.1, 0.15) is 75.7 Å². The van der Waals surface area contributed by atoms with Crippen molar-refractivity contribution in [3.63, 3.8) is 0 Å². The molecule has 0 bridgehead atoms. The molecule has 1 N–H and O–H groups in total. The van der Waals surface area contributed by atoms with E-state index in [1.165, 1.54) is 12.0 Å². The van der Waals surface area contributed by atoms with E-state index in [9.17, 15) is 4.79 Å². The molecule has 0 spiro atoms. The number of hydrogen-bond donors (Lipinski definition) is 1. The van der Waals surface area contributed by atoms with Gasteiger partial charge >= 0.3 is 0 Å². The molecule has 0 radical (unpaired) electrons. The number of aryl methyl sites for hydroxylation is 1. The van der Waals surface area contributed by atoms with Gasteiger partial charge in [-0.25, -0.2) is 0 Å². The van der Waals surface area contributed by atoms with Gasteiger partial charge in [0.05, 0.1) is 12.0 Å². The second-order valence-electron chi connectivity index (χ2n) is 8.46. The molecule has 0 saturated heterocycles. The van der Waals surface area contributed by atoms with Gasteiger partial charge in [0.15, 0.2) is 5.82 Å². The summed E-state index contributed by atoms with van der Waals surface area (Å²) in [6.07, 6.45) is 5.14. The van der Waals surface area contributed by atoms with E-state index >= 15 is 0 Å². The van der Waals surface area contributed by atoms with Crippen molar-refractivity contribution in [3.8, 4) is 0 Å². The minimum atomic E-state index is -0.444. The zero-order chi connectivity index (χ0) is 18.8. The van der Waals surface area contributed by atoms with Crippen molar-refractivity contribution in [2.45, 2.75) is 77.2 Å². The summed E-state index contributed by atoms with van der Waals surface area (Å²) in [4.78, 5) is 17.6. The third-order valence-electron chi connectivity index (χ3n) is 5.23. The van der Waals surface area contributed by atoms with Gasteiger partial charge in [0.1, 0.15) is 0 Å². The van der Waals surface area contributed by atoms with Crippen LogP contribution in [0.4, 0.5) is 0 Å². The molecule has 2 aromatic rings. The molecule has 0 aliphatic heterocycles. The van der Waals surface area contributed by atoms with Gasteiger partial charge in [-0.1, -0.05) is 75.0 Å². The Labute approximate surface area is 155 Å². The molecule has 1 amide bonds. The van der Waals surface area contributed by atoms with Crippen LogP contribution in [-0.4, -0.2) is 16.0 Å². The number of aromatic nitrogens is 2. The number of hydrogen-bond acceptors (Lipinski definition) is 4. The third kappa shape index (κ3) is 3.81. The summed E-state index contributed by atoms with van der Waals surface area (Å²) < 4.78 is 5.32. The molecule has 26 heavy (non-hydrogen) atoms. The topological polar surface area (TPSA) is 68.0 Å². The minimum Gasteiger partial charge on any atom is -0.348 e. The summed E-state index contributed by atoms with van der Waals surface area (Å²) in [7, 11) is 0. The van der Waals surface area contributed by atoms with E-state index in [2.05, 4.69) is 40.6 Å². The molecule has 3 rings (SSSR count). The number of carbonyl (C=O) groups is 1. The Balaban J connectivity index is 1.77. The number of benzene rings is 1. The van der Waals surface area contributed by atoms with Gasteiger partial charge in [-0.15, -0.1) is 0 Å². The smallest absolute Gasteiger partial charge is 0.232 e. The van der Waals surface area contributed by atoms with Crippen molar-refractivity contribution < 1.29 is 9.32 Å². The molecule has 1 heterocycles. The van der Waals surface area contributed by atoms with Crippen LogP contribution in [0.2, 0.25) is 0 Å². The Morgan fingerprint density at radius 3 is 2.58 bits per heavy atom. The summed E-state index contributed by atoms with van der Waals surface area (Å²) in [5.74, 6) is 1.19. The van der Waals surface area contributed by atoms with Crippen molar-refractivity contribution in [1.29, 1.82) is 0 Å². The highest BCUT2D eigenvalue weighted by molar-refractivity contribution is 5.88. The van der Waals surface area contributed by atoms with Crippen molar-refractivity contribution >= 4 is 5.91 Å². The minimum absolute atomic E-state index is 0.0740. The monoisotopic (exact) mass is 355 g/mol. The number of amides is 1. The molecular weight excluding hydrogens is 326 g/mol. The Hall–Kier alpha value is -2.17. The molecule has 0 atom stereocenters. The first-order valence-electron chi connectivity index (χ1n) is 9.50. The number of rotatable bonds is 4. The normalized spacial score (nSPS) is 17.1. The number of nitrogens with one attached hydrogen (secondary N) is 1. The summed E-state index contributed by atoms with van der Waals surface area (Å²) in [5, 5.41) is 7.08. The van der Waals surface area contributed by atoms with E-state index in [0.29, 0.717) is 18.3 Å². The first kappa shape index (κ1) is 18.6. The van der Waals surface area contributed by atoms with Gasteiger partial charge < -0.3 is 9.84 Å². The standard InChI is InChI=1S/C21H29N3O2/c1-15-9-8-10-16(13-15)21(11-6-5-7-12-21)18(25)22-14-17-23-19(26-24-17)20(2,3)4/h8-10,13H,5-7,11-12,14H2,1-4H3,(H,22,25). The van der Waals surface area contributed by atoms with Crippen molar-refractivity contribution in [1.82, 2.24) is 15.5 Å². The quantitative estimate of drug-likeness (QED) is 0.893. The highest BCUT2D eigenvalue weighted by Gasteiger charge is 2.41. The lowest BCUT2D eigenvalue weighted by molar-refractivity contribution is -0.128. The lowest BCUT2D eigenvalue weighted by atomic mass is 9.68. The molecule has 140 valence electrons. The van der Waals surface area contributed by atoms with Crippen molar-refractivity contribution in [2.24, 2.45) is 0 Å². The molecule has 1 aromatic carbocycles.